The molecular formula is C45H52O3S2. The van der Waals surface area contributed by atoms with Crippen LogP contribution in [0.3, 0.4) is 0 Å². The van der Waals surface area contributed by atoms with E-state index in [1.54, 1.807) is 23.9 Å². The van der Waals surface area contributed by atoms with Crippen molar-refractivity contribution in [1.82, 2.24) is 0 Å². The zero-order valence-electron chi connectivity index (χ0n) is 30.3. The van der Waals surface area contributed by atoms with Gasteiger partial charge < -0.3 is 4.74 Å². The molecule has 6 rings (SSSR count). The van der Waals surface area contributed by atoms with Crippen LogP contribution in [0.1, 0.15) is 129 Å². The summed E-state index contributed by atoms with van der Waals surface area (Å²) in [5.41, 5.74) is 3.72. The van der Waals surface area contributed by atoms with Crippen LogP contribution >= 0.6 is 23.5 Å². The van der Waals surface area contributed by atoms with E-state index in [-0.39, 0.29) is 11.6 Å². The highest BCUT2D eigenvalue weighted by molar-refractivity contribution is 7.99. The molecule has 4 aromatic carbocycles. The fourth-order valence-corrected chi connectivity index (χ4v) is 9.40. The number of rotatable bonds is 14. The molecule has 262 valence electrons. The van der Waals surface area contributed by atoms with Crippen LogP contribution in [-0.4, -0.2) is 18.2 Å². The highest BCUT2D eigenvalue weighted by Gasteiger charge is 2.34. The number of carbonyl (C=O) groups excluding carboxylic acids is 2. The summed E-state index contributed by atoms with van der Waals surface area (Å²) >= 11 is 3.09. The predicted octanol–water partition coefficient (Wildman–Crippen LogP) is 12.9. The summed E-state index contributed by atoms with van der Waals surface area (Å²) < 4.78 is 6.21. The minimum absolute atomic E-state index is 0.0832. The molecule has 0 radical (unpaired) electrons. The first-order chi connectivity index (χ1) is 24.2. The van der Waals surface area contributed by atoms with Gasteiger partial charge in [-0.2, -0.15) is 0 Å². The Labute approximate surface area is 308 Å². The number of benzene rings is 4. The van der Waals surface area contributed by atoms with Crippen molar-refractivity contribution in [1.29, 1.82) is 0 Å². The van der Waals surface area contributed by atoms with E-state index in [1.807, 2.05) is 48.5 Å². The van der Waals surface area contributed by atoms with E-state index in [1.165, 1.54) is 81.5 Å². The summed E-state index contributed by atoms with van der Waals surface area (Å²) in [4.78, 5) is 31.8. The third-order valence-corrected chi connectivity index (χ3v) is 12.7. The van der Waals surface area contributed by atoms with Crippen molar-refractivity contribution in [2.24, 2.45) is 17.3 Å². The lowest BCUT2D eigenvalue weighted by molar-refractivity contribution is 0.0974. The van der Waals surface area contributed by atoms with Crippen molar-refractivity contribution in [2.45, 2.75) is 118 Å². The van der Waals surface area contributed by atoms with Crippen LogP contribution in [0, 0.1) is 17.3 Å². The van der Waals surface area contributed by atoms with Crippen molar-refractivity contribution in [3.05, 3.63) is 113 Å². The molecule has 4 aromatic rings. The summed E-state index contributed by atoms with van der Waals surface area (Å²) in [6.07, 6.45) is 13.9. The van der Waals surface area contributed by atoms with Crippen molar-refractivity contribution in [3.63, 3.8) is 0 Å². The van der Waals surface area contributed by atoms with Gasteiger partial charge in [0.1, 0.15) is 5.75 Å². The first kappa shape index (κ1) is 36.5. The van der Waals surface area contributed by atoms with Gasteiger partial charge in [-0.1, -0.05) is 120 Å². The Morgan fingerprint density at radius 2 is 1.16 bits per heavy atom. The molecule has 1 fully saturated rings. The molecule has 2 aliphatic rings. The van der Waals surface area contributed by atoms with E-state index in [0.29, 0.717) is 33.6 Å². The highest BCUT2D eigenvalue weighted by Crippen LogP contribution is 2.42. The Kier molecular flexibility index (Phi) is 12.3. The summed E-state index contributed by atoms with van der Waals surface area (Å²) in [7, 11) is 0. The van der Waals surface area contributed by atoms with Crippen molar-refractivity contribution >= 4 is 35.1 Å². The SMILES string of the molecule is CCCCCCCCc1ccc(Sc2cccc3c2C(=O)c2cccc(Sc4ccc(OCC5CCC(C(C)(C)C)CC5)cc4)c2C3=O)cc1. The van der Waals surface area contributed by atoms with Crippen LogP contribution in [0.15, 0.2) is 105 Å². The van der Waals surface area contributed by atoms with Crippen LogP contribution in [0.5, 0.6) is 5.75 Å². The summed E-state index contributed by atoms with van der Waals surface area (Å²) in [6, 6.07) is 28.1. The maximum atomic E-state index is 14.1. The first-order valence-electron chi connectivity index (χ1n) is 18.7. The lowest BCUT2D eigenvalue weighted by Crippen LogP contribution is -2.27. The molecule has 5 heteroatoms. The number of ether oxygens (including phenoxy) is 1. The lowest BCUT2D eigenvalue weighted by atomic mass is 9.70. The smallest absolute Gasteiger partial charge is 0.195 e. The quantitative estimate of drug-likeness (QED) is 0.108. The molecule has 0 atom stereocenters. The number of aryl methyl sites for hydroxylation is 1. The van der Waals surface area contributed by atoms with Crippen molar-refractivity contribution in [2.75, 3.05) is 6.61 Å². The Hall–Kier alpha value is -3.28. The highest BCUT2D eigenvalue weighted by atomic mass is 32.2. The van der Waals surface area contributed by atoms with Gasteiger partial charge in [0.2, 0.25) is 0 Å². The Balaban J connectivity index is 1.09. The zero-order valence-corrected chi connectivity index (χ0v) is 31.9. The minimum atomic E-state index is -0.0874. The van der Waals surface area contributed by atoms with Gasteiger partial charge in [0.25, 0.3) is 0 Å². The maximum absolute atomic E-state index is 14.1. The fraction of sp³-hybridized carbons (Fsp3) is 0.422. The van der Waals surface area contributed by atoms with Gasteiger partial charge >= 0.3 is 0 Å². The molecule has 50 heavy (non-hydrogen) atoms. The Bertz CT molecular complexity index is 1760. The van der Waals surface area contributed by atoms with E-state index in [0.717, 1.165) is 44.3 Å². The molecule has 0 bridgehead atoms. The van der Waals surface area contributed by atoms with Crippen LogP contribution < -0.4 is 4.74 Å². The molecule has 0 unspecified atom stereocenters. The summed E-state index contributed by atoms with van der Waals surface area (Å²) in [6.45, 7) is 10.1. The zero-order chi connectivity index (χ0) is 35.1. The third-order valence-electron chi connectivity index (χ3n) is 10.6. The average Bonchev–Trinajstić information content (AvgIpc) is 3.12. The van der Waals surface area contributed by atoms with Crippen LogP contribution in [-0.2, 0) is 6.42 Å². The predicted molar refractivity (Wildman–Crippen MR) is 208 cm³/mol. The molecule has 0 aliphatic heterocycles. The van der Waals surface area contributed by atoms with Crippen LogP contribution in [0.4, 0.5) is 0 Å². The number of hydrogen-bond acceptors (Lipinski definition) is 5. The molecule has 0 saturated heterocycles. The van der Waals surface area contributed by atoms with E-state index in [4.69, 9.17) is 4.74 Å². The average molecular weight is 705 g/mol. The number of fused-ring (bicyclic) bond motifs is 2. The number of ketones is 2. The fourth-order valence-electron chi connectivity index (χ4n) is 7.45. The molecule has 1 saturated carbocycles. The molecule has 0 spiro atoms. The second-order valence-electron chi connectivity index (χ2n) is 15.2. The van der Waals surface area contributed by atoms with E-state index >= 15 is 0 Å². The number of carbonyl (C=O) groups is 2. The van der Waals surface area contributed by atoms with E-state index in [9.17, 15) is 9.59 Å². The molecule has 0 N–H and O–H groups in total. The summed E-state index contributed by atoms with van der Waals surface area (Å²) in [5, 5.41) is 0. The monoisotopic (exact) mass is 704 g/mol. The molecule has 0 amide bonds. The largest absolute Gasteiger partial charge is 0.493 e. The molecule has 2 aliphatic carbocycles. The summed E-state index contributed by atoms with van der Waals surface area (Å²) in [5.74, 6) is 2.12. The topological polar surface area (TPSA) is 43.4 Å². The number of unbranched alkanes of at least 4 members (excludes halogenated alkanes) is 5. The van der Waals surface area contributed by atoms with Gasteiger partial charge in [-0.3, -0.25) is 9.59 Å². The lowest BCUT2D eigenvalue weighted by Gasteiger charge is -2.36. The van der Waals surface area contributed by atoms with E-state index < -0.39 is 0 Å². The molecular weight excluding hydrogens is 653 g/mol. The third kappa shape index (κ3) is 8.95. The van der Waals surface area contributed by atoms with Crippen molar-refractivity contribution in [3.8, 4) is 5.75 Å². The van der Waals surface area contributed by atoms with Crippen molar-refractivity contribution < 1.29 is 14.3 Å². The Morgan fingerprint density at radius 3 is 1.70 bits per heavy atom. The number of hydrogen-bond donors (Lipinski definition) is 0. The van der Waals surface area contributed by atoms with Gasteiger partial charge in [0.05, 0.1) is 6.61 Å². The maximum Gasteiger partial charge on any atom is 0.195 e. The van der Waals surface area contributed by atoms with Gasteiger partial charge in [-0.05, 0) is 110 Å². The normalized spacial score (nSPS) is 17.4. The first-order valence-corrected chi connectivity index (χ1v) is 20.4. The van der Waals surface area contributed by atoms with Crippen LogP contribution in [0.2, 0.25) is 0 Å². The standard InChI is InChI=1S/C45H52O3S2/c1-5-6-7-8-9-10-13-31-20-26-35(27-21-31)49-39-16-11-14-37-41(39)43(46)38-15-12-17-40(42(38)44(37)47)50-36-28-24-34(25-29-36)48-30-32-18-22-33(23-19-32)45(2,3)4/h11-12,14-17,20-21,24-29,32-33H,5-10,13,18-19,22-23,30H2,1-4H3. The molecule has 0 heterocycles. The van der Waals surface area contributed by atoms with Crippen LogP contribution in [0.25, 0.3) is 0 Å². The second kappa shape index (κ2) is 16.8. The Morgan fingerprint density at radius 1 is 0.640 bits per heavy atom. The second-order valence-corrected chi connectivity index (χ2v) is 17.5. The molecule has 3 nitrogen and oxygen atoms in total. The van der Waals surface area contributed by atoms with E-state index in [2.05, 4.69) is 52.0 Å². The van der Waals surface area contributed by atoms with Gasteiger partial charge in [-0.25, -0.2) is 0 Å². The molecule has 0 aromatic heterocycles. The van der Waals surface area contributed by atoms with Gasteiger partial charge in [-0.15, -0.1) is 0 Å². The van der Waals surface area contributed by atoms with Gasteiger partial charge in [0, 0.05) is 41.8 Å². The minimum Gasteiger partial charge on any atom is -0.493 e. The van der Waals surface area contributed by atoms with Gasteiger partial charge in [0.15, 0.2) is 11.6 Å².